The molecule has 0 unspecified atom stereocenters. The molecular weight excluding hydrogens is 224 g/mol. The van der Waals surface area contributed by atoms with Gasteiger partial charge in [-0.2, -0.15) is 0 Å². The summed E-state index contributed by atoms with van der Waals surface area (Å²) in [7, 11) is 0. The molecule has 2 aromatic rings. The van der Waals surface area contributed by atoms with Crippen molar-refractivity contribution in [2.24, 2.45) is 0 Å². The molecule has 0 N–H and O–H groups in total. The highest BCUT2D eigenvalue weighted by Gasteiger charge is 2.17. The summed E-state index contributed by atoms with van der Waals surface area (Å²) in [5.74, 6) is 1.53. The van der Waals surface area contributed by atoms with Crippen molar-refractivity contribution in [1.82, 2.24) is 0 Å². The highest BCUT2D eigenvalue weighted by Crippen LogP contribution is 2.25. The fourth-order valence-corrected chi connectivity index (χ4v) is 2.42. The van der Waals surface area contributed by atoms with E-state index in [1.807, 2.05) is 49.4 Å². The van der Waals surface area contributed by atoms with Crippen LogP contribution in [0.2, 0.25) is 0 Å². The Bertz CT molecular complexity index is 663. The molecule has 3 rings (SSSR count). The zero-order chi connectivity index (χ0) is 12.5. The van der Waals surface area contributed by atoms with Gasteiger partial charge in [0.1, 0.15) is 11.5 Å². The molecule has 1 aromatic heterocycles. The van der Waals surface area contributed by atoms with Crippen molar-refractivity contribution in [3.63, 3.8) is 0 Å². The molecule has 1 heterocycles. The molecule has 0 bridgehead atoms. The first-order valence-corrected chi connectivity index (χ1v) is 6.16. The van der Waals surface area contributed by atoms with Gasteiger partial charge in [0.25, 0.3) is 0 Å². The van der Waals surface area contributed by atoms with E-state index in [4.69, 9.17) is 4.42 Å². The number of aryl methyl sites for hydroxylation is 2. The Morgan fingerprint density at radius 3 is 2.72 bits per heavy atom. The fraction of sp³-hybridized carbons (Fsp3) is 0.188. The number of fused-ring (bicyclic) bond motifs is 1. The van der Waals surface area contributed by atoms with E-state index in [0.717, 1.165) is 24.2 Å². The smallest absolute Gasteiger partial charge is 0.200 e. The van der Waals surface area contributed by atoms with Crippen LogP contribution in [0.4, 0.5) is 0 Å². The van der Waals surface area contributed by atoms with Gasteiger partial charge in [-0.05, 0) is 18.9 Å². The molecule has 0 radical (unpaired) electrons. The number of hydrogen-bond donors (Lipinski definition) is 0. The second kappa shape index (κ2) is 4.30. The van der Waals surface area contributed by atoms with Crippen molar-refractivity contribution in [2.75, 3.05) is 0 Å². The minimum absolute atomic E-state index is 0.0795. The summed E-state index contributed by atoms with van der Waals surface area (Å²) in [4.78, 5) is 12.5. The second-order valence-electron chi connectivity index (χ2n) is 4.51. The molecule has 2 heteroatoms. The Balaban J connectivity index is 2.30. The normalized spacial score (nSPS) is 13.4. The Morgan fingerprint density at radius 2 is 1.94 bits per heavy atom. The van der Waals surface area contributed by atoms with Gasteiger partial charge >= 0.3 is 0 Å². The molecular formula is C16H14O2. The molecule has 2 nitrogen and oxygen atoms in total. The van der Waals surface area contributed by atoms with E-state index in [9.17, 15) is 4.79 Å². The van der Waals surface area contributed by atoms with E-state index in [-0.39, 0.29) is 5.43 Å². The first-order valence-electron chi connectivity index (χ1n) is 6.16. The molecule has 0 amide bonds. The Kier molecular flexibility index (Phi) is 2.63. The van der Waals surface area contributed by atoms with Gasteiger partial charge in [-0.15, -0.1) is 0 Å². The third-order valence-corrected chi connectivity index (χ3v) is 3.29. The summed E-state index contributed by atoms with van der Waals surface area (Å²) < 4.78 is 5.81. The van der Waals surface area contributed by atoms with Crippen LogP contribution in [-0.4, -0.2) is 0 Å². The summed E-state index contributed by atoms with van der Waals surface area (Å²) in [6.07, 6.45) is 5.68. The largest absolute Gasteiger partial charge is 0.465 e. The molecule has 1 aliphatic carbocycles. The minimum Gasteiger partial charge on any atom is -0.465 e. The van der Waals surface area contributed by atoms with Crippen molar-refractivity contribution in [2.45, 2.75) is 19.8 Å². The predicted octanol–water partition coefficient (Wildman–Crippen LogP) is 3.57. The van der Waals surface area contributed by atoms with E-state index in [1.165, 1.54) is 0 Å². The quantitative estimate of drug-likeness (QED) is 0.760. The van der Waals surface area contributed by atoms with Crippen molar-refractivity contribution in [3.05, 3.63) is 63.7 Å². The topological polar surface area (TPSA) is 30.2 Å². The number of hydrogen-bond acceptors (Lipinski definition) is 2. The maximum atomic E-state index is 12.5. The molecule has 90 valence electrons. The van der Waals surface area contributed by atoms with Crippen molar-refractivity contribution < 1.29 is 4.42 Å². The fourth-order valence-electron chi connectivity index (χ4n) is 2.42. The lowest BCUT2D eigenvalue weighted by atomic mass is 9.97. The average Bonchev–Trinajstić information content (AvgIpc) is 2.40. The molecule has 0 atom stereocenters. The molecule has 18 heavy (non-hydrogen) atoms. The molecule has 0 saturated carbocycles. The van der Waals surface area contributed by atoms with Gasteiger partial charge in [0.05, 0.1) is 11.1 Å². The first-order chi connectivity index (χ1) is 8.77. The van der Waals surface area contributed by atoms with Crippen LogP contribution in [0, 0.1) is 6.92 Å². The minimum atomic E-state index is 0.0795. The maximum absolute atomic E-state index is 12.5. The molecule has 0 spiro atoms. The van der Waals surface area contributed by atoms with Gasteiger partial charge < -0.3 is 4.42 Å². The summed E-state index contributed by atoms with van der Waals surface area (Å²) in [5, 5.41) is 0. The lowest BCUT2D eigenvalue weighted by Crippen LogP contribution is -2.14. The predicted molar refractivity (Wildman–Crippen MR) is 72.5 cm³/mol. The van der Waals surface area contributed by atoms with Crippen LogP contribution in [0.5, 0.6) is 0 Å². The third-order valence-electron chi connectivity index (χ3n) is 3.29. The van der Waals surface area contributed by atoms with Gasteiger partial charge in [-0.1, -0.05) is 42.5 Å². The second-order valence-corrected chi connectivity index (χ2v) is 4.51. The van der Waals surface area contributed by atoms with Gasteiger partial charge in [0, 0.05) is 6.42 Å². The SMILES string of the molecule is Cc1oc2c(c(=O)c1-c1ccccc1)C=CCC2. The number of benzene rings is 1. The highest BCUT2D eigenvalue weighted by molar-refractivity contribution is 5.69. The number of allylic oxidation sites excluding steroid dienone is 1. The van der Waals surface area contributed by atoms with Crippen molar-refractivity contribution in [3.8, 4) is 11.1 Å². The lowest BCUT2D eigenvalue weighted by Gasteiger charge is -2.12. The first kappa shape index (κ1) is 11.0. The maximum Gasteiger partial charge on any atom is 0.200 e. The molecule has 0 aliphatic heterocycles. The summed E-state index contributed by atoms with van der Waals surface area (Å²) in [5.41, 5.74) is 2.40. The summed E-state index contributed by atoms with van der Waals surface area (Å²) >= 11 is 0. The van der Waals surface area contributed by atoms with Crippen LogP contribution in [0.3, 0.4) is 0 Å². The van der Waals surface area contributed by atoms with E-state index in [0.29, 0.717) is 16.9 Å². The van der Waals surface area contributed by atoms with Crippen LogP contribution in [0.15, 0.2) is 45.6 Å². The zero-order valence-corrected chi connectivity index (χ0v) is 10.3. The Morgan fingerprint density at radius 1 is 1.17 bits per heavy atom. The van der Waals surface area contributed by atoms with Gasteiger partial charge in [-0.25, -0.2) is 0 Å². The average molecular weight is 238 g/mol. The van der Waals surface area contributed by atoms with Crippen LogP contribution in [0.1, 0.15) is 23.5 Å². The van der Waals surface area contributed by atoms with E-state index in [1.54, 1.807) is 0 Å². The number of rotatable bonds is 1. The van der Waals surface area contributed by atoms with E-state index >= 15 is 0 Å². The highest BCUT2D eigenvalue weighted by atomic mass is 16.3. The van der Waals surface area contributed by atoms with Gasteiger partial charge in [0.2, 0.25) is 0 Å². The summed E-state index contributed by atoms with van der Waals surface area (Å²) in [6.45, 7) is 1.86. The van der Waals surface area contributed by atoms with Gasteiger partial charge in [-0.3, -0.25) is 4.79 Å². The van der Waals surface area contributed by atoms with Crippen molar-refractivity contribution >= 4 is 6.08 Å². The molecule has 1 aromatic carbocycles. The van der Waals surface area contributed by atoms with Crippen molar-refractivity contribution in [1.29, 1.82) is 0 Å². The van der Waals surface area contributed by atoms with E-state index in [2.05, 4.69) is 0 Å². The lowest BCUT2D eigenvalue weighted by molar-refractivity contribution is 0.462. The summed E-state index contributed by atoms with van der Waals surface area (Å²) in [6, 6.07) is 9.70. The third kappa shape index (κ3) is 1.70. The van der Waals surface area contributed by atoms with Crippen LogP contribution in [-0.2, 0) is 6.42 Å². The molecule has 0 fully saturated rings. The molecule has 0 saturated heterocycles. The van der Waals surface area contributed by atoms with Crippen LogP contribution in [0.25, 0.3) is 17.2 Å². The monoisotopic (exact) mass is 238 g/mol. The Hall–Kier alpha value is -2.09. The Labute approximate surface area is 106 Å². The van der Waals surface area contributed by atoms with E-state index < -0.39 is 0 Å². The van der Waals surface area contributed by atoms with Crippen LogP contribution >= 0.6 is 0 Å². The zero-order valence-electron chi connectivity index (χ0n) is 10.3. The molecule has 1 aliphatic rings. The van der Waals surface area contributed by atoms with Gasteiger partial charge in [0.15, 0.2) is 5.43 Å². The standard InChI is InChI=1S/C16H14O2/c1-11-15(12-7-3-2-4-8-12)16(17)13-9-5-6-10-14(13)18-11/h2-5,7-9H,6,10H2,1H3. The van der Waals surface area contributed by atoms with Crippen LogP contribution < -0.4 is 5.43 Å².